The van der Waals surface area contributed by atoms with Gasteiger partial charge in [0.1, 0.15) is 0 Å². The molecular formula is C29H49NOSi2. The number of rotatable bonds is 13. The zero-order valence-corrected chi connectivity index (χ0v) is 24.6. The van der Waals surface area contributed by atoms with Gasteiger partial charge in [-0.1, -0.05) is 113 Å². The van der Waals surface area contributed by atoms with E-state index >= 15 is 0 Å². The van der Waals surface area contributed by atoms with Crippen molar-refractivity contribution in [3.63, 3.8) is 0 Å². The Morgan fingerprint density at radius 3 is 1.76 bits per heavy atom. The zero-order chi connectivity index (χ0) is 24.7. The monoisotopic (exact) mass is 483 g/mol. The molecule has 0 heterocycles. The fourth-order valence-electron chi connectivity index (χ4n) is 5.64. The van der Waals surface area contributed by atoms with Crippen molar-refractivity contribution in [3.05, 3.63) is 71.8 Å². The van der Waals surface area contributed by atoms with Crippen molar-refractivity contribution in [2.24, 2.45) is 0 Å². The van der Waals surface area contributed by atoms with E-state index in [1.165, 1.54) is 11.1 Å². The lowest BCUT2D eigenvalue weighted by molar-refractivity contribution is 0.0146. The summed E-state index contributed by atoms with van der Waals surface area (Å²) in [6.45, 7) is 20.0. The highest BCUT2D eigenvalue weighted by Gasteiger charge is 2.40. The molecule has 2 atom stereocenters. The summed E-state index contributed by atoms with van der Waals surface area (Å²) >= 11 is 0. The highest BCUT2D eigenvalue weighted by atomic mass is 28.3. The molecule has 0 spiro atoms. The maximum atomic E-state index is 12.2. The van der Waals surface area contributed by atoms with Gasteiger partial charge in [0.05, 0.1) is 5.60 Å². The summed E-state index contributed by atoms with van der Waals surface area (Å²) < 4.78 is 0. The molecule has 2 aromatic carbocycles. The van der Waals surface area contributed by atoms with Crippen LogP contribution in [0.3, 0.4) is 0 Å². The van der Waals surface area contributed by atoms with Crippen LogP contribution in [0.4, 0.5) is 0 Å². The molecule has 1 N–H and O–H groups in total. The number of benzene rings is 2. The third-order valence-electron chi connectivity index (χ3n) is 6.41. The number of aliphatic hydroxyl groups is 1. The zero-order valence-electron chi connectivity index (χ0n) is 22.6. The summed E-state index contributed by atoms with van der Waals surface area (Å²) in [5.74, 6) is 0. The van der Waals surface area contributed by atoms with E-state index in [1.54, 1.807) is 0 Å². The van der Waals surface area contributed by atoms with Crippen molar-refractivity contribution < 1.29 is 5.11 Å². The van der Waals surface area contributed by atoms with E-state index in [2.05, 4.69) is 119 Å². The third kappa shape index (κ3) is 9.90. The first-order valence-corrected chi connectivity index (χ1v) is 20.3. The van der Waals surface area contributed by atoms with Crippen LogP contribution in [-0.4, -0.2) is 37.8 Å². The average molecular weight is 484 g/mol. The molecule has 0 fully saturated rings. The Bertz CT molecular complexity index is 795. The third-order valence-corrected chi connectivity index (χ3v) is 9.85. The topological polar surface area (TPSA) is 23.5 Å². The molecule has 0 radical (unpaired) electrons. The molecule has 0 amide bonds. The Balaban J connectivity index is 2.45. The molecule has 0 bridgehead atoms. The minimum atomic E-state index is -1.43. The van der Waals surface area contributed by atoms with Crippen LogP contribution in [0.2, 0.25) is 51.4 Å². The Morgan fingerprint density at radius 1 is 0.818 bits per heavy atom. The normalized spacial score (nSPS) is 15.0. The van der Waals surface area contributed by atoms with E-state index in [0.717, 1.165) is 37.9 Å². The molecule has 184 valence electrons. The van der Waals surface area contributed by atoms with E-state index < -0.39 is 21.7 Å². The second-order valence-corrected chi connectivity index (χ2v) is 23.5. The molecule has 2 nitrogen and oxygen atoms in total. The minimum absolute atomic E-state index is 0.297. The molecule has 2 rings (SSSR count). The molecule has 0 saturated heterocycles. The van der Waals surface area contributed by atoms with Gasteiger partial charge < -0.3 is 5.11 Å². The molecule has 0 aliphatic rings. The molecule has 0 saturated carbocycles. The van der Waals surface area contributed by atoms with E-state index in [1.807, 2.05) is 0 Å². The van der Waals surface area contributed by atoms with E-state index in [0.29, 0.717) is 12.1 Å². The summed E-state index contributed by atoms with van der Waals surface area (Å²) in [6, 6.07) is 24.4. The van der Waals surface area contributed by atoms with E-state index in [-0.39, 0.29) is 0 Å². The average Bonchev–Trinajstić information content (AvgIpc) is 2.69. The van der Waals surface area contributed by atoms with Gasteiger partial charge in [-0.2, -0.15) is 0 Å². The first-order chi connectivity index (χ1) is 15.3. The van der Waals surface area contributed by atoms with Crippen LogP contribution < -0.4 is 0 Å². The Hall–Kier alpha value is -1.21. The Morgan fingerprint density at radius 2 is 1.30 bits per heavy atom. The van der Waals surface area contributed by atoms with E-state index in [4.69, 9.17) is 0 Å². The lowest BCUT2D eigenvalue weighted by atomic mass is 9.92. The summed E-state index contributed by atoms with van der Waals surface area (Å²) in [7, 11) is -2.86. The molecule has 4 heteroatoms. The van der Waals surface area contributed by atoms with Crippen molar-refractivity contribution in [2.75, 3.05) is 0 Å². The Kier molecular flexibility index (Phi) is 10.2. The second kappa shape index (κ2) is 12.0. The van der Waals surface area contributed by atoms with Crippen molar-refractivity contribution in [3.8, 4) is 0 Å². The fourth-order valence-corrected chi connectivity index (χ4v) is 10.4. The van der Waals surface area contributed by atoms with Crippen LogP contribution in [0.1, 0.15) is 50.3 Å². The van der Waals surface area contributed by atoms with Crippen molar-refractivity contribution in [2.45, 2.75) is 109 Å². The second-order valence-electron chi connectivity index (χ2n) is 12.6. The first-order valence-electron chi connectivity index (χ1n) is 12.9. The largest absolute Gasteiger partial charge is 0.390 e. The van der Waals surface area contributed by atoms with Gasteiger partial charge in [0.15, 0.2) is 0 Å². The standard InChI is InChI=1S/C29H49NOSi2/c1-9-16-28(21-29(31,23-32(3,4)5)24-33(6,7)8)30(22-26-17-12-10-13-18-26)25(2)27-19-14-11-15-20-27/h10-15,17-20,25,28,31H,9,16,21-24H2,1-8H3/t25-,28-/m1/s1. The van der Waals surface area contributed by atoms with Crippen LogP contribution in [-0.2, 0) is 6.54 Å². The number of nitrogens with zero attached hydrogens (tertiary/aromatic N) is 1. The highest BCUT2D eigenvalue weighted by Crippen LogP contribution is 2.38. The highest BCUT2D eigenvalue weighted by molar-refractivity contribution is 6.78. The Labute approximate surface area is 206 Å². The summed E-state index contributed by atoms with van der Waals surface area (Å²) in [4.78, 5) is 2.67. The quantitative estimate of drug-likeness (QED) is 0.290. The summed E-state index contributed by atoms with van der Waals surface area (Å²) in [6.07, 6.45) is 3.12. The molecule has 2 aromatic rings. The van der Waals surface area contributed by atoms with E-state index in [9.17, 15) is 5.11 Å². The van der Waals surface area contributed by atoms with Crippen LogP contribution >= 0.6 is 0 Å². The van der Waals surface area contributed by atoms with Gasteiger partial charge in [-0.05, 0) is 43.0 Å². The molecular weight excluding hydrogens is 434 g/mol. The van der Waals surface area contributed by atoms with Crippen molar-refractivity contribution in [1.82, 2.24) is 4.90 Å². The van der Waals surface area contributed by atoms with Gasteiger partial charge >= 0.3 is 0 Å². The summed E-state index contributed by atoms with van der Waals surface area (Å²) in [5.41, 5.74) is 2.13. The smallest absolute Gasteiger partial charge is 0.0616 e. The van der Waals surface area contributed by atoms with Gasteiger partial charge in [0.2, 0.25) is 0 Å². The predicted octanol–water partition coefficient (Wildman–Crippen LogP) is 8.22. The lowest BCUT2D eigenvalue weighted by Gasteiger charge is -2.44. The van der Waals surface area contributed by atoms with Gasteiger partial charge in [-0.15, -0.1) is 0 Å². The van der Waals surface area contributed by atoms with Gasteiger partial charge in [0.25, 0.3) is 0 Å². The van der Waals surface area contributed by atoms with Gasteiger partial charge in [-0.3, -0.25) is 4.90 Å². The molecule has 33 heavy (non-hydrogen) atoms. The number of hydrogen-bond donors (Lipinski definition) is 1. The van der Waals surface area contributed by atoms with Crippen LogP contribution in [0, 0.1) is 0 Å². The van der Waals surface area contributed by atoms with Crippen LogP contribution in [0.25, 0.3) is 0 Å². The van der Waals surface area contributed by atoms with Crippen LogP contribution in [0.5, 0.6) is 0 Å². The summed E-state index contributed by atoms with van der Waals surface area (Å²) in [5, 5.41) is 12.2. The lowest BCUT2D eigenvalue weighted by Crippen LogP contribution is -2.49. The fraction of sp³-hybridized carbons (Fsp3) is 0.586. The SMILES string of the molecule is CCC[C@H](CC(O)(C[Si](C)(C)C)C[Si](C)(C)C)N(Cc1ccccc1)[C@H](C)c1ccccc1. The van der Waals surface area contributed by atoms with Crippen LogP contribution in [0.15, 0.2) is 60.7 Å². The predicted molar refractivity (Wildman–Crippen MR) is 151 cm³/mol. The molecule has 0 aliphatic heterocycles. The number of hydrogen-bond acceptors (Lipinski definition) is 2. The minimum Gasteiger partial charge on any atom is -0.390 e. The molecule has 0 aliphatic carbocycles. The van der Waals surface area contributed by atoms with Gasteiger partial charge in [0, 0.05) is 34.8 Å². The maximum Gasteiger partial charge on any atom is 0.0616 e. The molecule has 0 aromatic heterocycles. The van der Waals surface area contributed by atoms with Crippen molar-refractivity contribution >= 4 is 16.1 Å². The molecule has 0 unspecified atom stereocenters. The van der Waals surface area contributed by atoms with Gasteiger partial charge in [-0.25, -0.2) is 0 Å². The van der Waals surface area contributed by atoms with Crippen molar-refractivity contribution in [1.29, 1.82) is 0 Å². The first kappa shape index (κ1) is 28.0. The maximum absolute atomic E-state index is 12.2.